The Labute approximate surface area is 200 Å². The maximum Gasteiger partial charge on any atom is 0.269 e. The zero-order chi connectivity index (χ0) is 24.0. The topological polar surface area (TPSA) is 108 Å². The molecular formula is C26H23N3O4S. The summed E-state index contributed by atoms with van der Waals surface area (Å²) in [5.41, 5.74) is 9.61. The van der Waals surface area contributed by atoms with Gasteiger partial charge in [-0.05, 0) is 11.0 Å². The highest BCUT2D eigenvalue weighted by Crippen LogP contribution is 2.51. The summed E-state index contributed by atoms with van der Waals surface area (Å²) in [5.74, 6) is 0.0863. The number of rotatable bonds is 4. The van der Waals surface area contributed by atoms with Crippen molar-refractivity contribution in [3.8, 4) is 11.3 Å². The fourth-order valence-corrected chi connectivity index (χ4v) is 5.59. The van der Waals surface area contributed by atoms with Gasteiger partial charge < -0.3 is 10.5 Å². The number of nitrogens with two attached hydrogens (primary N) is 1. The maximum atomic E-state index is 13.4. The summed E-state index contributed by atoms with van der Waals surface area (Å²) in [6.45, 7) is 4.03. The average molecular weight is 474 g/mol. The minimum Gasteiger partial charge on any atom is -0.445 e. The lowest BCUT2D eigenvalue weighted by atomic mass is 9.70. The molecule has 7 nitrogen and oxygen atoms in total. The Morgan fingerprint density at radius 3 is 2.62 bits per heavy atom. The number of aromatic nitrogens is 1. The summed E-state index contributed by atoms with van der Waals surface area (Å²) in [6, 6.07) is 16.1. The van der Waals surface area contributed by atoms with Crippen LogP contribution < -0.4 is 5.73 Å². The normalized spacial score (nSPS) is 19.6. The van der Waals surface area contributed by atoms with Gasteiger partial charge in [-0.25, -0.2) is 4.98 Å². The lowest BCUT2D eigenvalue weighted by Gasteiger charge is -2.38. The Hall–Kier alpha value is -3.78. The van der Waals surface area contributed by atoms with E-state index in [2.05, 4.69) is 0 Å². The van der Waals surface area contributed by atoms with E-state index < -0.39 is 10.8 Å². The van der Waals surface area contributed by atoms with Crippen LogP contribution in [0.2, 0.25) is 0 Å². The Bertz CT molecular complexity index is 1370. The highest BCUT2D eigenvalue weighted by Gasteiger charge is 2.44. The van der Waals surface area contributed by atoms with Crippen LogP contribution >= 0.6 is 11.3 Å². The number of carbonyl (C=O) groups is 1. The molecular weight excluding hydrogens is 450 g/mol. The summed E-state index contributed by atoms with van der Waals surface area (Å²) in [5, 5.41) is 14.1. The molecule has 2 N–H and O–H groups in total. The predicted octanol–water partition coefficient (Wildman–Crippen LogP) is 5.80. The Balaban J connectivity index is 1.68. The molecule has 1 aromatic heterocycles. The molecule has 34 heavy (non-hydrogen) atoms. The number of Topliss-reactive ketones (excluding diaryl/α,β-unsaturated/α-hetero) is 1. The number of nitrogens with zero attached hydrogens (tertiary/aromatic N) is 2. The van der Waals surface area contributed by atoms with Crippen LogP contribution in [-0.2, 0) is 9.53 Å². The molecule has 0 fully saturated rings. The van der Waals surface area contributed by atoms with Gasteiger partial charge in [0.2, 0.25) is 0 Å². The van der Waals surface area contributed by atoms with Crippen LogP contribution in [0.3, 0.4) is 0 Å². The van der Waals surface area contributed by atoms with Gasteiger partial charge in [0.25, 0.3) is 5.69 Å². The third-order valence-electron chi connectivity index (χ3n) is 6.17. The van der Waals surface area contributed by atoms with Crippen molar-refractivity contribution >= 4 is 28.4 Å². The van der Waals surface area contributed by atoms with Gasteiger partial charge in [0.1, 0.15) is 10.8 Å². The third-order valence-corrected chi connectivity index (χ3v) is 7.05. The minimum absolute atomic E-state index is 0.0346. The van der Waals surface area contributed by atoms with E-state index in [0.29, 0.717) is 40.3 Å². The van der Waals surface area contributed by atoms with E-state index in [1.165, 1.54) is 23.5 Å². The standard InChI is InChI=1S/C26H23N3O4S/c1-26(2)12-19(30)22-20(13-26)33-24(27)23(21(22)16-9-6-10-17(11-16)29(31)32)25-28-18(14-34-25)15-7-4-3-5-8-15/h3-11,14,21H,12-13,27H2,1-2H3. The number of thiazole rings is 1. The molecule has 5 rings (SSSR count). The van der Waals surface area contributed by atoms with Crippen LogP contribution in [0, 0.1) is 15.5 Å². The smallest absolute Gasteiger partial charge is 0.269 e. The largest absolute Gasteiger partial charge is 0.445 e. The quantitative estimate of drug-likeness (QED) is 0.379. The monoisotopic (exact) mass is 473 g/mol. The van der Waals surface area contributed by atoms with Crippen molar-refractivity contribution in [3.05, 3.63) is 97.9 Å². The number of carbonyl (C=O) groups excluding carboxylic acids is 1. The summed E-state index contributed by atoms with van der Waals surface area (Å²) >= 11 is 1.41. The number of non-ortho nitro benzene ring substituents is 1. The molecule has 0 amide bonds. The fourth-order valence-electron chi connectivity index (χ4n) is 4.68. The molecule has 0 spiro atoms. The number of allylic oxidation sites excluding steroid dienone is 3. The van der Waals surface area contributed by atoms with Crippen LogP contribution in [0.5, 0.6) is 0 Å². The van der Waals surface area contributed by atoms with Gasteiger partial charge in [-0.3, -0.25) is 14.9 Å². The number of benzene rings is 2. The SMILES string of the molecule is CC1(C)CC(=O)C2=C(C1)OC(N)=C(c1nc(-c3ccccc3)cs1)C2c1cccc([N+](=O)[O-])c1. The molecule has 1 atom stereocenters. The van der Waals surface area contributed by atoms with Crippen molar-refractivity contribution in [1.82, 2.24) is 4.98 Å². The molecule has 2 heterocycles. The molecule has 0 bridgehead atoms. The predicted molar refractivity (Wildman–Crippen MR) is 131 cm³/mol. The van der Waals surface area contributed by atoms with Crippen molar-refractivity contribution in [2.75, 3.05) is 0 Å². The highest BCUT2D eigenvalue weighted by molar-refractivity contribution is 7.11. The van der Waals surface area contributed by atoms with Gasteiger partial charge in [0.15, 0.2) is 11.7 Å². The minimum atomic E-state index is -0.595. The van der Waals surface area contributed by atoms with E-state index in [0.717, 1.165) is 11.3 Å². The lowest BCUT2D eigenvalue weighted by Crippen LogP contribution is -2.33. The second-order valence-corrected chi connectivity index (χ2v) is 10.2. The molecule has 0 saturated heterocycles. The van der Waals surface area contributed by atoms with Crippen molar-refractivity contribution in [2.45, 2.75) is 32.6 Å². The van der Waals surface area contributed by atoms with Crippen molar-refractivity contribution in [3.63, 3.8) is 0 Å². The van der Waals surface area contributed by atoms with Crippen LogP contribution in [0.1, 0.15) is 43.2 Å². The number of nitro groups is 1. The molecule has 8 heteroatoms. The molecule has 1 aliphatic heterocycles. The Kier molecular flexibility index (Phi) is 5.32. The molecule has 0 radical (unpaired) electrons. The van der Waals surface area contributed by atoms with Crippen LogP contribution in [-0.4, -0.2) is 15.7 Å². The summed E-state index contributed by atoms with van der Waals surface area (Å²) in [6.07, 6.45) is 0.918. The van der Waals surface area contributed by atoms with Crippen molar-refractivity contribution < 1.29 is 14.5 Å². The summed E-state index contributed by atoms with van der Waals surface area (Å²) in [4.78, 5) is 29.3. The fraction of sp³-hybridized carbons (Fsp3) is 0.231. The van der Waals surface area contributed by atoms with E-state index in [-0.39, 0.29) is 22.8 Å². The Morgan fingerprint density at radius 1 is 1.12 bits per heavy atom. The zero-order valence-electron chi connectivity index (χ0n) is 18.8. The molecule has 2 aliphatic rings. The molecule has 0 saturated carbocycles. The van der Waals surface area contributed by atoms with E-state index in [1.54, 1.807) is 12.1 Å². The first kappa shape index (κ1) is 22.0. The highest BCUT2D eigenvalue weighted by atomic mass is 32.1. The molecule has 3 aromatic rings. The number of ketones is 1. The van der Waals surface area contributed by atoms with Gasteiger partial charge in [0.05, 0.1) is 16.2 Å². The average Bonchev–Trinajstić information content (AvgIpc) is 3.27. The lowest BCUT2D eigenvalue weighted by molar-refractivity contribution is -0.384. The number of ether oxygens (including phenoxy) is 1. The number of hydrogen-bond donors (Lipinski definition) is 1. The van der Waals surface area contributed by atoms with Gasteiger partial charge in [0, 0.05) is 47.4 Å². The second-order valence-electron chi connectivity index (χ2n) is 9.35. The third kappa shape index (κ3) is 3.90. The summed E-state index contributed by atoms with van der Waals surface area (Å²) in [7, 11) is 0. The van der Waals surface area contributed by atoms with Crippen LogP contribution in [0.15, 0.2) is 77.2 Å². The second kappa shape index (κ2) is 8.22. The van der Waals surface area contributed by atoms with Crippen molar-refractivity contribution in [1.29, 1.82) is 0 Å². The Morgan fingerprint density at radius 2 is 1.88 bits per heavy atom. The number of nitro benzene ring substituents is 1. The van der Waals surface area contributed by atoms with Crippen molar-refractivity contribution in [2.24, 2.45) is 11.1 Å². The van der Waals surface area contributed by atoms with Gasteiger partial charge in [-0.15, -0.1) is 11.3 Å². The van der Waals surface area contributed by atoms with Crippen LogP contribution in [0.25, 0.3) is 16.8 Å². The zero-order valence-corrected chi connectivity index (χ0v) is 19.6. The van der Waals surface area contributed by atoms with Gasteiger partial charge in [-0.2, -0.15) is 0 Å². The van der Waals surface area contributed by atoms with Gasteiger partial charge >= 0.3 is 0 Å². The van der Waals surface area contributed by atoms with E-state index in [4.69, 9.17) is 15.5 Å². The molecule has 2 aromatic carbocycles. The first-order valence-electron chi connectivity index (χ1n) is 10.9. The first-order valence-corrected chi connectivity index (χ1v) is 11.8. The first-order chi connectivity index (χ1) is 16.2. The van der Waals surface area contributed by atoms with E-state index in [9.17, 15) is 14.9 Å². The summed E-state index contributed by atoms with van der Waals surface area (Å²) < 4.78 is 6.06. The van der Waals surface area contributed by atoms with Crippen LogP contribution in [0.4, 0.5) is 5.69 Å². The molecule has 1 aliphatic carbocycles. The van der Waals surface area contributed by atoms with E-state index in [1.807, 2.05) is 49.6 Å². The molecule has 1 unspecified atom stereocenters. The molecule has 172 valence electrons. The van der Waals surface area contributed by atoms with Gasteiger partial charge in [-0.1, -0.05) is 56.3 Å². The maximum absolute atomic E-state index is 13.4. The van der Waals surface area contributed by atoms with E-state index >= 15 is 0 Å². The number of hydrogen-bond acceptors (Lipinski definition) is 7.